The molecule has 0 fully saturated rings. The van der Waals surface area contributed by atoms with Crippen LogP contribution < -0.4 is 15.6 Å². The third-order valence-corrected chi connectivity index (χ3v) is 6.48. The Morgan fingerprint density at radius 2 is 1.95 bits per heavy atom. The van der Waals surface area contributed by atoms with E-state index in [0.717, 1.165) is 10.9 Å². The third-order valence-electron chi connectivity index (χ3n) is 6.25. The summed E-state index contributed by atoms with van der Waals surface area (Å²) in [4.78, 5) is 27.0. The molecule has 0 bridgehead atoms. The van der Waals surface area contributed by atoms with Crippen molar-refractivity contribution in [3.63, 3.8) is 0 Å². The van der Waals surface area contributed by atoms with Crippen molar-refractivity contribution in [1.82, 2.24) is 24.5 Å². The molecule has 12 heteroatoms. The number of pyridine rings is 1. The number of anilines is 1. The number of amides is 1. The Hall–Kier alpha value is -4.48. The van der Waals surface area contributed by atoms with E-state index in [-0.39, 0.29) is 24.8 Å². The summed E-state index contributed by atoms with van der Waals surface area (Å²) in [6.45, 7) is 0.256. The molecular weight excluding hydrogens is 524 g/mol. The van der Waals surface area contributed by atoms with Gasteiger partial charge in [0.15, 0.2) is 0 Å². The van der Waals surface area contributed by atoms with Gasteiger partial charge >= 0.3 is 0 Å². The molecule has 0 aliphatic rings. The van der Waals surface area contributed by atoms with Crippen LogP contribution in [0.15, 0.2) is 70.5 Å². The highest BCUT2D eigenvalue weighted by atomic mass is 35.5. The minimum absolute atomic E-state index is 0.254. The molecule has 0 saturated carbocycles. The Morgan fingerprint density at radius 1 is 1.10 bits per heavy atom. The number of hydrogen-bond donors (Lipinski definition) is 1. The lowest BCUT2D eigenvalue weighted by atomic mass is 9.99. The lowest BCUT2D eigenvalue weighted by Crippen LogP contribution is -2.34. The summed E-state index contributed by atoms with van der Waals surface area (Å²) in [5.74, 6) is 0.238. The Kier molecular flexibility index (Phi) is 7.44. The molecule has 3 heterocycles. The Morgan fingerprint density at radius 3 is 2.69 bits per heavy atom. The minimum Gasteiger partial charge on any atom is -0.495 e. The maximum absolute atomic E-state index is 13.5. The van der Waals surface area contributed by atoms with Crippen molar-refractivity contribution in [2.75, 3.05) is 26.1 Å². The van der Waals surface area contributed by atoms with Crippen LogP contribution >= 0.6 is 11.6 Å². The number of fused-ring (bicyclic) bond motifs is 1. The second-order valence-electron chi connectivity index (χ2n) is 8.80. The molecule has 0 aliphatic carbocycles. The SMILES string of the molecule is COCCC(C(=O)Nc1ccc2nn(C)cc2c1)n1cc(OC)c(-c2cc(Cl)ccc2-c2nnco2)cc1=O. The topological polar surface area (TPSA) is 126 Å². The molecule has 0 spiro atoms. The summed E-state index contributed by atoms with van der Waals surface area (Å²) in [6.07, 6.45) is 4.85. The van der Waals surface area contributed by atoms with Gasteiger partial charge in [0.1, 0.15) is 11.8 Å². The Balaban J connectivity index is 1.54. The number of carbonyl (C=O) groups is 1. The first kappa shape index (κ1) is 26.1. The fraction of sp³-hybridized carbons (Fsp3) is 0.222. The van der Waals surface area contributed by atoms with Gasteiger partial charge in [-0.1, -0.05) is 11.6 Å². The maximum Gasteiger partial charge on any atom is 0.252 e. The predicted octanol–water partition coefficient (Wildman–Crippen LogP) is 4.33. The fourth-order valence-electron chi connectivity index (χ4n) is 4.44. The Bertz CT molecular complexity index is 1700. The van der Waals surface area contributed by atoms with Gasteiger partial charge in [-0.05, 0) is 42.0 Å². The summed E-state index contributed by atoms with van der Waals surface area (Å²) < 4.78 is 19.3. The number of nitrogens with zero attached hydrogens (tertiary/aromatic N) is 5. The molecule has 0 radical (unpaired) electrons. The Labute approximate surface area is 227 Å². The molecule has 1 unspecified atom stereocenters. The van der Waals surface area contributed by atoms with Crippen molar-refractivity contribution < 1.29 is 18.7 Å². The summed E-state index contributed by atoms with van der Waals surface area (Å²) in [7, 11) is 4.85. The van der Waals surface area contributed by atoms with Gasteiger partial charge < -0.3 is 19.2 Å². The quantitative estimate of drug-likeness (QED) is 0.288. The molecule has 1 amide bonds. The zero-order valence-electron chi connectivity index (χ0n) is 21.4. The number of aromatic nitrogens is 5. The standard InChI is InChI=1S/C27H25ClN6O5/c1-33-13-16-10-18(5-7-22(16)32-33)30-26(36)23(8-9-37-2)34-14-24(38-3)21(12-25(34)35)20-11-17(28)4-6-19(20)27-31-29-15-39-27/h4-7,10-15,23H,8-9H2,1-3H3,(H,30,36). The van der Waals surface area contributed by atoms with Gasteiger partial charge in [-0.2, -0.15) is 5.10 Å². The summed E-state index contributed by atoms with van der Waals surface area (Å²) in [6, 6.07) is 11.1. The monoisotopic (exact) mass is 548 g/mol. The van der Waals surface area contributed by atoms with Gasteiger partial charge in [-0.3, -0.25) is 18.8 Å². The van der Waals surface area contributed by atoms with Crippen LogP contribution in [0.4, 0.5) is 5.69 Å². The number of nitrogens with one attached hydrogen (secondary N) is 1. The van der Waals surface area contributed by atoms with Gasteiger partial charge in [-0.15, -0.1) is 10.2 Å². The van der Waals surface area contributed by atoms with Crippen molar-refractivity contribution >= 4 is 34.1 Å². The van der Waals surface area contributed by atoms with Crippen LogP contribution in [0.3, 0.4) is 0 Å². The second-order valence-corrected chi connectivity index (χ2v) is 9.23. The highest BCUT2D eigenvalue weighted by Crippen LogP contribution is 2.38. The molecule has 1 atom stereocenters. The van der Waals surface area contributed by atoms with Gasteiger partial charge in [0.2, 0.25) is 18.2 Å². The van der Waals surface area contributed by atoms with Crippen LogP contribution in [0.5, 0.6) is 5.75 Å². The van der Waals surface area contributed by atoms with E-state index in [1.165, 1.54) is 37.4 Å². The lowest BCUT2D eigenvalue weighted by molar-refractivity contribution is -0.119. The maximum atomic E-state index is 13.5. The van der Waals surface area contributed by atoms with Crippen LogP contribution in [0, 0.1) is 0 Å². The number of rotatable bonds is 9. The van der Waals surface area contributed by atoms with E-state index in [1.807, 2.05) is 25.4 Å². The first-order valence-corrected chi connectivity index (χ1v) is 12.4. The summed E-state index contributed by atoms with van der Waals surface area (Å²) in [5, 5.41) is 16.3. The smallest absolute Gasteiger partial charge is 0.252 e. The predicted molar refractivity (Wildman–Crippen MR) is 146 cm³/mol. The first-order chi connectivity index (χ1) is 18.9. The number of carbonyl (C=O) groups excluding carboxylic acids is 1. The van der Waals surface area contributed by atoms with Gasteiger partial charge in [-0.25, -0.2) is 0 Å². The summed E-state index contributed by atoms with van der Waals surface area (Å²) >= 11 is 6.30. The molecule has 3 aromatic heterocycles. The molecule has 0 saturated heterocycles. The number of ether oxygens (including phenoxy) is 2. The van der Waals surface area contributed by atoms with Gasteiger partial charge in [0.05, 0.1) is 18.8 Å². The van der Waals surface area contributed by atoms with E-state index in [2.05, 4.69) is 20.6 Å². The molecular formula is C27H25ClN6O5. The lowest BCUT2D eigenvalue weighted by Gasteiger charge is -2.21. The molecule has 5 rings (SSSR count). The minimum atomic E-state index is -0.875. The van der Waals surface area contributed by atoms with Crippen LogP contribution in [0.1, 0.15) is 12.5 Å². The van der Waals surface area contributed by atoms with Crippen LogP contribution in [0.2, 0.25) is 5.02 Å². The van der Waals surface area contributed by atoms with Crippen molar-refractivity contribution in [3.05, 3.63) is 76.6 Å². The molecule has 0 aliphatic heterocycles. The van der Waals surface area contributed by atoms with Crippen LogP contribution in [-0.2, 0) is 16.6 Å². The first-order valence-electron chi connectivity index (χ1n) is 12.0. The highest BCUT2D eigenvalue weighted by molar-refractivity contribution is 6.31. The zero-order valence-corrected chi connectivity index (χ0v) is 22.2. The number of halogens is 1. The van der Waals surface area contributed by atoms with E-state index >= 15 is 0 Å². The van der Waals surface area contributed by atoms with Crippen LogP contribution in [-0.4, -0.2) is 51.3 Å². The number of benzene rings is 2. The molecule has 39 heavy (non-hydrogen) atoms. The summed E-state index contributed by atoms with van der Waals surface area (Å²) in [5.41, 5.74) is 2.58. The fourth-order valence-corrected chi connectivity index (χ4v) is 4.61. The molecule has 1 N–H and O–H groups in total. The largest absolute Gasteiger partial charge is 0.495 e. The van der Waals surface area contributed by atoms with Gasteiger partial charge in [0, 0.05) is 66.7 Å². The van der Waals surface area contributed by atoms with Crippen molar-refractivity contribution in [1.29, 1.82) is 0 Å². The number of hydrogen-bond acceptors (Lipinski definition) is 8. The normalized spacial score (nSPS) is 12.0. The number of aryl methyl sites for hydroxylation is 1. The third kappa shape index (κ3) is 5.40. The average molecular weight is 549 g/mol. The van der Waals surface area contributed by atoms with Gasteiger partial charge in [0.25, 0.3) is 5.56 Å². The van der Waals surface area contributed by atoms with E-state index in [4.69, 9.17) is 25.5 Å². The number of methoxy groups -OCH3 is 2. The van der Waals surface area contributed by atoms with Crippen molar-refractivity contribution in [2.24, 2.45) is 7.05 Å². The van der Waals surface area contributed by atoms with Crippen molar-refractivity contribution in [2.45, 2.75) is 12.5 Å². The van der Waals surface area contributed by atoms with Crippen LogP contribution in [0.25, 0.3) is 33.5 Å². The van der Waals surface area contributed by atoms with E-state index in [9.17, 15) is 9.59 Å². The zero-order chi connectivity index (χ0) is 27.5. The van der Waals surface area contributed by atoms with E-state index in [0.29, 0.717) is 33.1 Å². The van der Waals surface area contributed by atoms with E-state index < -0.39 is 11.6 Å². The van der Waals surface area contributed by atoms with E-state index in [1.54, 1.807) is 28.9 Å². The molecule has 200 valence electrons. The molecule has 11 nitrogen and oxygen atoms in total. The molecule has 2 aromatic carbocycles. The molecule has 5 aromatic rings. The second kappa shape index (κ2) is 11.1. The highest BCUT2D eigenvalue weighted by Gasteiger charge is 2.25. The van der Waals surface area contributed by atoms with Crippen molar-refractivity contribution in [3.8, 4) is 28.3 Å². The average Bonchev–Trinajstić information content (AvgIpc) is 3.58.